The fraction of sp³-hybridized carbons (Fsp3) is 0.389. The Morgan fingerprint density at radius 1 is 1.22 bits per heavy atom. The van der Waals surface area contributed by atoms with Crippen LogP contribution in [-0.4, -0.2) is 24.4 Å². The predicted octanol–water partition coefficient (Wildman–Crippen LogP) is 4.80. The summed E-state index contributed by atoms with van der Waals surface area (Å²) in [5.74, 6) is -0.217. The number of ether oxygens (including phenoxy) is 1. The maximum atomic E-state index is 11.2. The lowest BCUT2D eigenvalue weighted by Gasteiger charge is -2.18. The molecule has 0 saturated heterocycles. The zero-order valence-electron chi connectivity index (χ0n) is 13.4. The number of fused-ring (bicyclic) bond motifs is 1. The highest BCUT2D eigenvalue weighted by molar-refractivity contribution is 8.00. The minimum absolute atomic E-state index is 0.0540. The molecular formula is C18H21NO3S. The molecule has 4 nitrogen and oxygen atoms in total. The molecule has 0 aromatic heterocycles. The molecule has 0 saturated carbocycles. The maximum absolute atomic E-state index is 11.2. The van der Waals surface area contributed by atoms with Crippen LogP contribution in [-0.2, 0) is 9.53 Å². The third-order valence-corrected chi connectivity index (χ3v) is 5.27. The number of esters is 1. The van der Waals surface area contributed by atoms with Crippen molar-refractivity contribution in [2.24, 2.45) is 5.18 Å². The summed E-state index contributed by atoms with van der Waals surface area (Å²) in [5, 5.41) is 5.61. The van der Waals surface area contributed by atoms with Crippen molar-refractivity contribution in [2.75, 3.05) is 7.11 Å². The molecule has 0 bridgehead atoms. The summed E-state index contributed by atoms with van der Waals surface area (Å²) in [7, 11) is 1.39. The van der Waals surface area contributed by atoms with Gasteiger partial charge in [0.1, 0.15) is 6.04 Å². The molecule has 0 fully saturated rings. The Kier molecular flexibility index (Phi) is 6.59. The Morgan fingerprint density at radius 2 is 1.96 bits per heavy atom. The number of hydrogen-bond acceptors (Lipinski definition) is 5. The Labute approximate surface area is 140 Å². The van der Waals surface area contributed by atoms with Crippen molar-refractivity contribution in [1.29, 1.82) is 0 Å². The highest BCUT2D eigenvalue weighted by atomic mass is 32.2. The van der Waals surface area contributed by atoms with Crippen LogP contribution in [0.2, 0.25) is 0 Å². The highest BCUT2D eigenvalue weighted by Gasteiger charge is 2.20. The fourth-order valence-electron chi connectivity index (χ4n) is 2.43. The van der Waals surface area contributed by atoms with Crippen molar-refractivity contribution in [2.45, 2.75) is 42.4 Å². The number of benzene rings is 2. The Balaban J connectivity index is 2.06. The molecule has 2 aromatic rings. The number of methoxy groups -OCH3 is 1. The molecule has 0 radical (unpaired) electrons. The number of nitroso groups, excluding NO2 is 1. The van der Waals surface area contributed by atoms with Gasteiger partial charge in [-0.3, -0.25) is 4.79 Å². The Hall–Kier alpha value is -1.88. The third kappa shape index (κ3) is 5.06. The van der Waals surface area contributed by atoms with E-state index < -0.39 is 0 Å². The summed E-state index contributed by atoms with van der Waals surface area (Å²) in [6.45, 7) is 1.82. The van der Waals surface area contributed by atoms with Gasteiger partial charge in [0.05, 0.1) is 7.11 Å². The van der Waals surface area contributed by atoms with Gasteiger partial charge in [-0.25, -0.2) is 0 Å². The van der Waals surface area contributed by atoms with Gasteiger partial charge in [-0.1, -0.05) is 35.5 Å². The first-order chi connectivity index (χ1) is 11.1. The van der Waals surface area contributed by atoms with Crippen LogP contribution in [0.25, 0.3) is 10.8 Å². The van der Waals surface area contributed by atoms with Crippen LogP contribution in [0.3, 0.4) is 0 Å². The SMILES string of the molecule is COC(=O)CCCC(Sc1ccc2ccccc2c1)C(C)N=O. The lowest BCUT2D eigenvalue weighted by molar-refractivity contribution is -0.140. The van der Waals surface area contributed by atoms with Crippen molar-refractivity contribution >= 4 is 28.5 Å². The van der Waals surface area contributed by atoms with E-state index in [4.69, 9.17) is 0 Å². The van der Waals surface area contributed by atoms with Gasteiger partial charge in [-0.2, -0.15) is 4.91 Å². The van der Waals surface area contributed by atoms with Crippen molar-refractivity contribution in [3.8, 4) is 0 Å². The molecular weight excluding hydrogens is 310 g/mol. The summed E-state index contributed by atoms with van der Waals surface area (Å²) >= 11 is 1.65. The predicted molar refractivity (Wildman–Crippen MR) is 94.7 cm³/mol. The summed E-state index contributed by atoms with van der Waals surface area (Å²) in [6.07, 6.45) is 1.81. The Bertz CT molecular complexity index is 674. The van der Waals surface area contributed by atoms with E-state index in [-0.39, 0.29) is 17.3 Å². The van der Waals surface area contributed by atoms with Gasteiger partial charge in [0.15, 0.2) is 0 Å². The van der Waals surface area contributed by atoms with E-state index >= 15 is 0 Å². The molecule has 0 spiro atoms. The summed E-state index contributed by atoms with van der Waals surface area (Å²) in [6, 6.07) is 14.2. The van der Waals surface area contributed by atoms with Crippen molar-refractivity contribution in [1.82, 2.24) is 0 Å². The molecule has 0 amide bonds. The van der Waals surface area contributed by atoms with Crippen molar-refractivity contribution in [3.63, 3.8) is 0 Å². The lowest BCUT2D eigenvalue weighted by atomic mass is 10.1. The van der Waals surface area contributed by atoms with E-state index in [2.05, 4.69) is 40.2 Å². The van der Waals surface area contributed by atoms with Gasteiger partial charge in [0, 0.05) is 16.6 Å². The average molecular weight is 331 g/mol. The number of thioether (sulfide) groups is 1. The molecule has 2 rings (SSSR count). The second-order valence-corrected chi connectivity index (χ2v) is 6.79. The molecule has 23 heavy (non-hydrogen) atoms. The molecule has 122 valence electrons. The van der Waals surface area contributed by atoms with Crippen LogP contribution in [0.4, 0.5) is 0 Å². The molecule has 0 aliphatic carbocycles. The van der Waals surface area contributed by atoms with Gasteiger partial charge >= 0.3 is 5.97 Å². The van der Waals surface area contributed by atoms with Crippen LogP contribution in [0, 0.1) is 4.91 Å². The standard InChI is InChI=1S/C18H21NO3S/c1-13(19-21)17(8-5-9-18(20)22-2)23-16-11-10-14-6-3-4-7-15(14)12-16/h3-4,6-7,10-13,17H,5,8-9H2,1-2H3. The van der Waals surface area contributed by atoms with E-state index in [9.17, 15) is 9.70 Å². The molecule has 2 aromatic carbocycles. The second-order valence-electron chi connectivity index (χ2n) is 5.48. The molecule has 2 unspecified atom stereocenters. The minimum atomic E-state index is -0.302. The van der Waals surface area contributed by atoms with E-state index in [0.29, 0.717) is 12.8 Å². The Morgan fingerprint density at radius 3 is 2.65 bits per heavy atom. The summed E-state index contributed by atoms with van der Waals surface area (Å²) in [4.78, 5) is 23.3. The monoisotopic (exact) mass is 331 g/mol. The quantitative estimate of drug-likeness (QED) is 0.396. The maximum Gasteiger partial charge on any atom is 0.305 e. The topological polar surface area (TPSA) is 55.7 Å². The minimum Gasteiger partial charge on any atom is -0.469 e. The van der Waals surface area contributed by atoms with Crippen molar-refractivity contribution in [3.05, 3.63) is 47.4 Å². The fourth-order valence-corrected chi connectivity index (χ4v) is 3.65. The van der Waals surface area contributed by atoms with Crippen LogP contribution in [0.1, 0.15) is 26.2 Å². The van der Waals surface area contributed by atoms with Crippen LogP contribution in [0.15, 0.2) is 52.5 Å². The third-order valence-electron chi connectivity index (χ3n) is 3.81. The van der Waals surface area contributed by atoms with Crippen LogP contribution < -0.4 is 0 Å². The van der Waals surface area contributed by atoms with E-state index in [1.54, 1.807) is 11.8 Å². The van der Waals surface area contributed by atoms with Gasteiger partial charge in [-0.15, -0.1) is 11.8 Å². The molecule has 0 heterocycles. The molecule has 2 atom stereocenters. The van der Waals surface area contributed by atoms with E-state index in [1.807, 2.05) is 19.1 Å². The number of rotatable bonds is 8. The summed E-state index contributed by atoms with van der Waals surface area (Å²) in [5.41, 5.74) is 0. The molecule has 0 N–H and O–H groups in total. The van der Waals surface area contributed by atoms with Gasteiger partial charge in [0.2, 0.25) is 0 Å². The largest absolute Gasteiger partial charge is 0.469 e. The normalized spacial score (nSPS) is 13.5. The van der Waals surface area contributed by atoms with Crippen molar-refractivity contribution < 1.29 is 9.53 Å². The number of hydrogen-bond donors (Lipinski definition) is 0. The average Bonchev–Trinajstić information content (AvgIpc) is 2.59. The van der Waals surface area contributed by atoms with Gasteiger partial charge < -0.3 is 4.74 Å². The first kappa shape index (κ1) is 17.5. The zero-order valence-corrected chi connectivity index (χ0v) is 14.2. The van der Waals surface area contributed by atoms with Crippen LogP contribution in [0.5, 0.6) is 0 Å². The summed E-state index contributed by atoms with van der Waals surface area (Å²) < 4.78 is 4.65. The number of carbonyl (C=O) groups excluding carboxylic acids is 1. The number of nitrogens with zero attached hydrogens (tertiary/aromatic N) is 1. The lowest BCUT2D eigenvalue weighted by Crippen LogP contribution is -2.18. The molecule has 0 aliphatic heterocycles. The molecule has 0 aliphatic rings. The van der Waals surface area contributed by atoms with Crippen LogP contribution >= 0.6 is 11.8 Å². The molecule has 5 heteroatoms. The smallest absolute Gasteiger partial charge is 0.305 e. The first-order valence-corrected chi connectivity index (χ1v) is 8.56. The second kappa shape index (κ2) is 8.67. The highest BCUT2D eigenvalue weighted by Crippen LogP contribution is 2.32. The first-order valence-electron chi connectivity index (χ1n) is 7.68. The zero-order chi connectivity index (χ0) is 16.7. The van der Waals surface area contributed by atoms with E-state index in [1.165, 1.54) is 17.9 Å². The number of carbonyl (C=O) groups is 1. The van der Waals surface area contributed by atoms with E-state index in [0.717, 1.165) is 11.3 Å². The van der Waals surface area contributed by atoms with Gasteiger partial charge in [-0.05, 0) is 42.7 Å². The van der Waals surface area contributed by atoms with Gasteiger partial charge in [0.25, 0.3) is 0 Å².